The number of nitrogens with two attached hydrogens (primary N) is 1. The molecule has 4 heteroatoms. The quantitative estimate of drug-likeness (QED) is 0.821. The van der Waals surface area contributed by atoms with Gasteiger partial charge in [-0.25, -0.2) is 0 Å². The summed E-state index contributed by atoms with van der Waals surface area (Å²) in [6.07, 6.45) is 4.21. The minimum absolute atomic E-state index is 0.00371. The van der Waals surface area contributed by atoms with Gasteiger partial charge in [-0.05, 0) is 38.7 Å². The maximum absolute atomic E-state index is 11.7. The number of benzene rings is 1. The fraction of sp³-hybridized carbons (Fsp3) is 0.588. The van der Waals surface area contributed by atoms with Gasteiger partial charge < -0.3 is 10.1 Å². The van der Waals surface area contributed by atoms with E-state index in [9.17, 15) is 4.79 Å². The van der Waals surface area contributed by atoms with Gasteiger partial charge in [0, 0.05) is 16.5 Å². The predicted molar refractivity (Wildman–Crippen MR) is 84.0 cm³/mol. The molecular formula is C17H25ClNO2+. The molecule has 1 aromatic carbocycles. The molecule has 0 bridgehead atoms. The SMILES string of the molecule is CCOC(=O)C1CCC(C[NH2+]Cc2ccccc2Cl)CC1. The lowest BCUT2D eigenvalue weighted by molar-refractivity contribution is -0.676. The van der Waals surface area contributed by atoms with Gasteiger partial charge in [-0.3, -0.25) is 4.79 Å². The van der Waals surface area contributed by atoms with Crippen LogP contribution in [-0.2, 0) is 16.1 Å². The second-order valence-electron chi connectivity index (χ2n) is 5.79. The number of hydrogen-bond acceptors (Lipinski definition) is 2. The number of quaternary nitrogens is 1. The molecule has 3 nitrogen and oxygen atoms in total. The van der Waals surface area contributed by atoms with Crippen LogP contribution in [0.5, 0.6) is 0 Å². The van der Waals surface area contributed by atoms with Crippen molar-refractivity contribution in [2.45, 2.75) is 39.2 Å². The van der Waals surface area contributed by atoms with Gasteiger partial charge in [0.1, 0.15) is 6.54 Å². The average molecular weight is 311 g/mol. The number of esters is 1. The van der Waals surface area contributed by atoms with Gasteiger partial charge in [-0.1, -0.05) is 29.8 Å². The van der Waals surface area contributed by atoms with Crippen molar-refractivity contribution in [3.63, 3.8) is 0 Å². The van der Waals surface area contributed by atoms with Crippen LogP contribution in [-0.4, -0.2) is 19.1 Å². The molecule has 0 spiro atoms. The van der Waals surface area contributed by atoms with Crippen LogP contribution < -0.4 is 5.32 Å². The topological polar surface area (TPSA) is 42.9 Å². The zero-order chi connectivity index (χ0) is 15.1. The fourth-order valence-electron chi connectivity index (χ4n) is 3.03. The molecule has 21 heavy (non-hydrogen) atoms. The van der Waals surface area contributed by atoms with E-state index in [2.05, 4.69) is 11.4 Å². The lowest BCUT2D eigenvalue weighted by Crippen LogP contribution is -2.84. The Morgan fingerprint density at radius 2 is 2.00 bits per heavy atom. The Morgan fingerprint density at radius 3 is 2.67 bits per heavy atom. The molecule has 1 aromatic rings. The van der Waals surface area contributed by atoms with E-state index in [4.69, 9.17) is 16.3 Å². The van der Waals surface area contributed by atoms with E-state index in [0.717, 1.165) is 43.8 Å². The van der Waals surface area contributed by atoms with E-state index < -0.39 is 0 Å². The third-order valence-electron chi connectivity index (χ3n) is 4.29. The molecule has 1 fully saturated rings. The Labute approximate surface area is 132 Å². The molecule has 2 rings (SSSR count). The first-order valence-corrected chi connectivity index (χ1v) is 8.30. The smallest absolute Gasteiger partial charge is 0.308 e. The summed E-state index contributed by atoms with van der Waals surface area (Å²) in [7, 11) is 0. The summed E-state index contributed by atoms with van der Waals surface area (Å²) in [6.45, 7) is 4.40. The molecule has 0 unspecified atom stereocenters. The maximum atomic E-state index is 11.7. The third kappa shape index (κ3) is 5.01. The van der Waals surface area contributed by atoms with Gasteiger partial charge in [0.05, 0.1) is 19.1 Å². The zero-order valence-corrected chi connectivity index (χ0v) is 13.4. The average Bonchev–Trinajstić information content (AvgIpc) is 2.50. The summed E-state index contributed by atoms with van der Waals surface area (Å²) in [5.74, 6) is 0.832. The maximum Gasteiger partial charge on any atom is 0.308 e. The van der Waals surface area contributed by atoms with Crippen molar-refractivity contribution < 1.29 is 14.8 Å². The molecule has 1 aliphatic carbocycles. The summed E-state index contributed by atoms with van der Waals surface area (Å²) in [5.41, 5.74) is 1.19. The van der Waals surface area contributed by atoms with Crippen LogP contribution >= 0.6 is 11.6 Å². The van der Waals surface area contributed by atoms with Crippen LogP contribution in [0.1, 0.15) is 38.2 Å². The lowest BCUT2D eigenvalue weighted by atomic mass is 9.82. The van der Waals surface area contributed by atoms with E-state index in [-0.39, 0.29) is 11.9 Å². The molecular weight excluding hydrogens is 286 g/mol. The van der Waals surface area contributed by atoms with Crippen LogP contribution in [0.2, 0.25) is 5.02 Å². The highest BCUT2D eigenvalue weighted by molar-refractivity contribution is 6.31. The minimum atomic E-state index is -0.00371. The van der Waals surface area contributed by atoms with E-state index >= 15 is 0 Å². The second kappa shape index (κ2) is 8.40. The Bertz CT molecular complexity index is 456. The summed E-state index contributed by atoms with van der Waals surface area (Å²) >= 11 is 6.16. The standard InChI is InChI=1S/C17H24ClNO2/c1-2-21-17(20)14-9-7-13(8-10-14)11-19-12-15-5-3-4-6-16(15)18/h3-6,13-14,19H,2,7-12H2,1H3/p+1. The molecule has 0 aliphatic heterocycles. The highest BCUT2D eigenvalue weighted by Crippen LogP contribution is 2.28. The molecule has 0 atom stereocenters. The first-order valence-electron chi connectivity index (χ1n) is 7.92. The number of hydrogen-bond donors (Lipinski definition) is 1. The van der Waals surface area contributed by atoms with Gasteiger partial charge in [-0.15, -0.1) is 0 Å². The van der Waals surface area contributed by atoms with Crippen molar-refractivity contribution in [1.82, 2.24) is 0 Å². The Hall–Kier alpha value is -1.06. The highest BCUT2D eigenvalue weighted by Gasteiger charge is 2.27. The first-order chi connectivity index (χ1) is 10.2. The zero-order valence-electron chi connectivity index (χ0n) is 12.7. The van der Waals surface area contributed by atoms with Crippen molar-refractivity contribution in [1.29, 1.82) is 0 Å². The molecule has 1 saturated carbocycles. The molecule has 0 aromatic heterocycles. The molecule has 1 aliphatic rings. The number of ether oxygens (including phenoxy) is 1. The fourth-order valence-corrected chi connectivity index (χ4v) is 3.25. The lowest BCUT2D eigenvalue weighted by Gasteiger charge is -2.26. The van der Waals surface area contributed by atoms with Crippen LogP contribution in [0.3, 0.4) is 0 Å². The Balaban J connectivity index is 1.67. The summed E-state index contributed by atoms with van der Waals surface area (Å²) < 4.78 is 5.11. The van der Waals surface area contributed by atoms with Crippen LogP contribution in [0, 0.1) is 11.8 Å². The molecule has 0 amide bonds. The Kier molecular flexibility index (Phi) is 6.52. The van der Waals surface area contributed by atoms with E-state index in [1.807, 2.05) is 25.1 Å². The summed E-state index contributed by atoms with van der Waals surface area (Å²) in [6, 6.07) is 8.01. The van der Waals surface area contributed by atoms with Crippen molar-refractivity contribution in [3.05, 3.63) is 34.9 Å². The number of rotatable bonds is 6. The molecule has 0 heterocycles. The van der Waals surface area contributed by atoms with Gasteiger partial charge >= 0.3 is 5.97 Å². The largest absolute Gasteiger partial charge is 0.466 e. The predicted octanol–water partition coefficient (Wildman–Crippen LogP) is 2.77. The summed E-state index contributed by atoms with van der Waals surface area (Å²) in [4.78, 5) is 11.7. The van der Waals surface area contributed by atoms with Crippen LogP contribution in [0.4, 0.5) is 0 Å². The second-order valence-corrected chi connectivity index (χ2v) is 6.20. The van der Waals surface area contributed by atoms with Crippen molar-refractivity contribution in [2.75, 3.05) is 13.2 Å². The van der Waals surface area contributed by atoms with Gasteiger partial charge in [0.25, 0.3) is 0 Å². The van der Waals surface area contributed by atoms with Gasteiger partial charge in [-0.2, -0.15) is 0 Å². The van der Waals surface area contributed by atoms with Crippen LogP contribution in [0.15, 0.2) is 24.3 Å². The normalized spacial score (nSPS) is 22.0. The number of carbonyl (C=O) groups is 1. The molecule has 0 radical (unpaired) electrons. The highest BCUT2D eigenvalue weighted by atomic mass is 35.5. The molecule has 2 N–H and O–H groups in total. The Morgan fingerprint density at radius 1 is 1.29 bits per heavy atom. The summed E-state index contributed by atoms with van der Waals surface area (Å²) in [5, 5.41) is 3.18. The first kappa shape index (κ1) is 16.3. The molecule has 116 valence electrons. The number of carbonyl (C=O) groups excluding carboxylic acids is 1. The minimum Gasteiger partial charge on any atom is -0.466 e. The van der Waals surface area contributed by atoms with E-state index in [1.54, 1.807) is 0 Å². The van der Waals surface area contributed by atoms with E-state index in [0.29, 0.717) is 12.5 Å². The van der Waals surface area contributed by atoms with Gasteiger partial charge in [0.15, 0.2) is 0 Å². The third-order valence-corrected chi connectivity index (χ3v) is 4.66. The van der Waals surface area contributed by atoms with Crippen molar-refractivity contribution in [2.24, 2.45) is 11.8 Å². The van der Waals surface area contributed by atoms with E-state index in [1.165, 1.54) is 5.56 Å². The number of halogens is 1. The van der Waals surface area contributed by atoms with Crippen molar-refractivity contribution >= 4 is 17.6 Å². The van der Waals surface area contributed by atoms with Crippen LogP contribution in [0.25, 0.3) is 0 Å². The van der Waals surface area contributed by atoms with Crippen molar-refractivity contribution in [3.8, 4) is 0 Å². The van der Waals surface area contributed by atoms with Gasteiger partial charge in [0.2, 0.25) is 0 Å². The monoisotopic (exact) mass is 310 g/mol. The molecule has 0 saturated heterocycles.